The molecule has 0 N–H and O–H groups in total. The van der Waals surface area contributed by atoms with E-state index in [1.54, 1.807) is 6.92 Å². The summed E-state index contributed by atoms with van der Waals surface area (Å²) in [6.45, 7) is 7.63. The van der Waals surface area contributed by atoms with Crippen LogP contribution in [0.4, 0.5) is 0 Å². The highest BCUT2D eigenvalue weighted by Crippen LogP contribution is 2.27. The Morgan fingerprint density at radius 1 is 1.24 bits per heavy atom. The third-order valence-electron chi connectivity index (χ3n) is 4.13. The van der Waals surface area contributed by atoms with Gasteiger partial charge in [-0.3, -0.25) is 14.2 Å². The van der Waals surface area contributed by atoms with Gasteiger partial charge < -0.3 is 4.74 Å². The molecule has 1 aromatic carbocycles. The summed E-state index contributed by atoms with van der Waals surface area (Å²) in [7, 11) is 0. The molecular weight excluding hydrogens is 408 g/mol. The van der Waals surface area contributed by atoms with Gasteiger partial charge in [0.25, 0.3) is 0 Å². The highest BCUT2D eigenvalue weighted by Gasteiger charge is 2.32. The average molecular weight is 431 g/mol. The fourth-order valence-corrected chi connectivity index (χ4v) is 4.63. The van der Waals surface area contributed by atoms with Gasteiger partial charge in [-0.15, -0.1) is 21.5 Å². The van der Waals surface area contributed by atoms with Crippen molar-refractivity contribution in [2.24, 2.45) is 0 Å². The Labute approximate surface area is 177 Å². The Hall–Kier alpha value is -2.52. The standard InChI is InChI=1S/C20H22N4O3S2/c1-5-27-19(26)17(18-21-13(3)10-28-18)16(25)11-29-20-23-22-14(4)24(20)15-8-6-7-12(2)9-15/h6-10,17H,5,11H2,1-4H3/t17-/m0/s1. The third-order valence-corrected chi connectivity index (χ3v) is 6.11. The number of carbonyl (C=O) groups excluding carboxylic acids is 2. The molecule has 0 bridgehead atoms. The van der Waals surface area contributed by atoms with E-state index in [9.17, 15) is 9.59 Å². The first-order valence-corrected chi connectivity index (χ1v) is 11.0. The number of aryl methyl sites for hydroxylation is 3. The Morgan fingerprint density at radius 3 is 2.69 bits per heavy atom. The van der Waals surface area contributed by atoms with Crippen LogP contribution < -0.4 is 0 Å². The van der Waals surface area contributed by atoms with Crippen LogP contribution in [0, 0.1) is 20.8 Å². The predicted molar refractivity (Wildman–Crippen MR) is 113 cm³/mol. The summed E-state index contributed by atoms with van der Waals surface area (Å²) in [5.41, 5.74) is 2.82. The van der Waals surface area contributed by atoms with Crippen LogP contribution in [0.1, 0.15) is 34.9 Å². The quantitative estimate of drug-likeness (QED) is 0.306. The minimum Gasteiger partial charge on any atom is -0.465 e. The smallest absolute Gasteiger partial charge is 0.323 e. The van der Waals surface area contributed by atoms with Gasteiger partial charge in [0.15, 0.2) is 16.9 Å². The number of hydrogen-bond donors (Lipinski definition) is 0. The number of thioether (sulfide) groups is 1. The molecule has 152 valence electrons. The molecule has 0 aliphatic heterocycles. The second-order valence-corrected chi connectivity index (χ2v) is 8.30. The summed E-state index contributed by atoms with van der Waals surface area (Å²) in [5, 5.41) is 11.2. The molecule has 29 heavy (non-hydrogen) atoms. The highest BCUT2D eigenvalue weighted by molar-refractivity contribution is 7.99. The summed E-state index contributed by atoms with van der Waals surface area (Å²) in [5.74, 6) is -1.06. The molecule has 2 aromatic heterocycles. The molecule has 0 saturated carbocycles. The lowest BCUT2D eigenvalue weighted by Crippen LogP contribution is -2.25. The third kappa shape index (κ3) is 4.91. The Kier molecular flexibility index (Phi) is 6.81. The molecule has 0 spiro atoms. The number of nitrogens with zero attached hydrogens (tertiary/aromatic N) is 4. The van der Waals surface area contributed by atoms with Crippen LogP contribution in [0.5, 0.6) is 0 Å². The molecule has 3 aromatic rings. The zero-order valence-electron chi connectivity index (χ0n) is 16.7. The van der Waals surface area contributed by atoms with Crippen LogP contribution in [0.15, 0.2) is 34.8 Å². The van der Waals surface area contributed by atoms with Gasteiger partial charge in [0, 0.05) is 16.8 Å². The lowest BCUT2D eigenvalue weighted by atomic mass is 10.1. The maximum Gasteiger partial charge on any atom is 0.323 e. The number of carbonyl (C=O) groups is 2. The molecule has 0 fully saturated rings. The number of hydrogen-bond acceptors (Lipinski definition) is 8. The van der Waals surface area contributed by atoms with Gasteiger partial charge in [0.1, 0.15) is 10.8 Å². The van der Waals surface area contributed by atoms with Crippen molar-refractivity contribution in [2.75, 3.05) is 12.4 Å². The first-order valence-electron chi connectivity index (χ1n) is 9.14. The van der Waals surface area contributed by atoms with E-state index < -0.39 is 11.9 Å². The van der Waals surface area contributed by atoms with Crippen LogP contribution in [-0.2, 0) is 14.3 Å². The normalized spacial score (nSPS) is 12.0. The van der Waals surface area contributed by atoms with Gasteiger partial charge >= 0.3 is 5.97 Å². The fraction of sp³-hybridized carbons (Fsp3) is 0.350. The number of ketones is 1. The molecule has 0 aliphatic rings. The van der Waals surface area contributed by atoms with Crippen molar-refractivity contribution in [3.8, 4) is 5.69 Å². The van der Waals surface area contributed by atoms with Gasteiger partial charge in [0.05, 0.1) is 12.4 Å². The van der Waals surface area contributed by atoms with Crippen LogP contribution in [-0.4, -0.2) is 43.9 Å². The molecule has 9 heteroatoms. The van der Waals surface area contributed by atoms with Crippen molar-refractivity contribution in [1.82, 2.24) is 19.7 Å². The maximum atomic E-state index is 12.9. The number of ether oxygens (including phenoxy) is 1. The number of Topliss-reactive ketones (excluding diaryl/α,β-unsaturated/α-hetero) is 1. The van der Waals surface area contributed by atoms with Gasteiger partial charge in [0.2, 0.25) is 0 Å². The molecule has 0 radical (unpaired) electrons. The molecule has 0 amide bonds. The monoisotopic (exact) mass is 430 g/mol. The summed E-state index contributed by atoms with van der Waals surface area (Å²) >= 11 is 2.54. The van der Waals surface area contributed by atoms with Crippen molar-refractivity contribution in [3.05, 3.63) is 51.7 Å². The molecule has 0 saturated heterocycles. The first-order chi connectivity index (χ1) is 13.9. The van der Waals surface area contributed by atoms with Gasteiger partial charge in [-0.1, -0.05) is 23.9 Å². The van der Waals surface area contributed by atoms with Crippen molar-refractivity contribution in [1.29, 1.82) is 0 Å². The van der Waals surface area contributed by atoms with E-state index in [1.807, 2.05) is 55.0 Å². The van der Waals surface area contributed by atoms with Crippen LogP contribution in [0.3, 0.4) is 0 Å². The van der Waals surface area contributed by atoms with Gasteiger partial charge in [-0.05, 0) is 45.4 Å². The average Bonchev–Trinajstić information content (AvgIpc) is 3.26. The first kappa shape index (κ1) is 21.2. The van der Waals surface area contributed by atoms with Gasteiger partial charge in [-0.25, -0.2) is 4.98 Å². The molecule has 3 rings (SSSR count). The lowest BCUT2D eigenvalue weighted by molar-refractivity contribution is -0.147. The largest absolute Gasteiger partial charge is 0.465 e. The van der Waals surface area contributed by atoms with E-state index in [-0.39, 0.29) is 18.1 Å². The molecule has 0 unspecified atom stereocenters. The SMILES string of the molecule is CCOC(=O)[C@@H](C(=O)CSc1nnc(C)n1-c1cccc(C)c1)c1nc(C)cs1. The Bertz CT molecular complexity index is 1030. The summed E-state index contributed by atoms with van der Waals surface area (Å²) in [6.07, 6.45) is 0. The Morgan fingerprint density at radius 2 is 2.03 bits per heavy atom. The minimum absolute atomic E-state index is 0.0616. The second kappa shape index (κ2) is 9.32. The number of aromatic nitrogens is 4. The number of rotatable bonds is 8. The molecular formula is C20H22N4O3S2. The number of esters is 1. The van der Waals surface area contributed by atoms with Crippen LogP contribution >= 0.6 is 23.1 Å². The lowest BCUT2D eigenvalue weighted by Gasteiger charge is -2.13. The zero-order chi connectivity index (χ0) is 21.0. The van der Waals surface area contributed by atoms with Crippen molar-refractivity contribution in [2.45, 2.75) is 38.8 Å². The van der Waals surface area contributed by atoms with E-state index >= 15 is 0 Å². The number of benzene rings is 1. The highest BCUT2D eigenvalue weighted by atomic mass is 32.2. The van der Waals surface area contributed by atoms with E-state index in [1.165, 1.54) is 23.1 Å². The van der Waals surface area contributed by atoms with Crippen molar-refractivity contribution >= 4 is 34.9 Å². The minimum atomic E-state index is -1.02. The topological polar surface area (TPSA) is 87.0 Å². The van der Waals surface area contributed by atoms with Gasteiger partial charge in [-0.2, -0.15) is 0 Å². The Balaban J connectivity index is 1.81. The van der Waals surface area contributed by atoms with E-state index in [0.717, 1.165) is 22.8 Å². The van der Waals surface area contributed by atoms with Crippen LogP contribution in [0.25, 0.3) is 5.69 Å². The summed E-state index contributed by atoms with van der Waals surface area (Å²) in [6, 6.07) is 7.97. The van der Waals surface area contributed by atoms with Crippen molar-refractivity contribution in [3.63, 3.8) is 0 Å². The maximum absolute atomic E-state index is 12.9. The molecule has 7 nitrogen and oxygen atoms in total. The molecule has 0 aliphatic carbocycles. The predicted octanol–water partition coefficient (Wildman–Crippen LogP) is 3.66. The molecule has 1 atom stereocenters. The summed E-state index contributed by atoms with van der Waals surface area (Å²) in [4.78, 5) is 29.7. The molecule has 2 heterocycles. The second-order valence-electron chi connectivity index (χ2n) is 6.47. The van der Waals surface area contributed by atoms with Crippen LogP contribution in [0.2, 0.25) is 0 Å². The van der Waals surface area contributed by atoms with E-state index in [0.29, 0.717) is 10.2 Å². The van der Waals surface area contributed by atoms with Crippen molar-refractivity contribution < 1.29 is 14.3 Å². The summed E-state index contributed by atoms with van der Waals surface area (Å²) < 4.78 is 7.02. The fourth-order valence-electron chi connectivity index (χ4n) is 2.82. The number of thiazole rings is 1. The van der Waals surface area contributed by atoms with E-state index in [2.05, 4.69) is 15.2 Å². The zero-order valence-corrected chi connectivity index (χ0v) is 18.3. The van der Waals surface area contributed by atoms with E-state index in [4.69, 9.17) is 4.74 Å².